The number of halogens is 2. The minimum atomic E-state index is -0.193. The zero-order valence-electron chi connectivity index (χ0n) is 12.1. The molecule has 7 nitrogen and oxygen atoms in total. The van der Waals surface area contributed by atoms with Crippen LogP contribution in [0, 0.1) is 0 Å². The van der Waals surface area contributed by atoms with Crippen LogP contribution < -0.4 is 10.6 Å². The molecule has 2 aromatic rings. The van der Waals surface area contributed by atoms with Gasteiger partial charge in [-0.3, -0.25) is 4.79 Å². The van der Waals surface area contributed by atoms with E-state index in [-0.39, 0.29) is 18.3 Å². The lowest BCUT2D eigenvalue weighted by Gasteiger charge is -2.08. The van der Waals surface area contributed by atoms with Crippen molar-refractivity contribution in [3.05, 3.63) is 35.1 Å². The first kappa shape index (κ1) is 18.3. The Morgan fingerprint density at radius 1 is 1.32 bits per heavy atom. The molecule has 0 atom stereocenters. The number of benzene rings is 1. The maximum absolute atomic E-state index is 12.0. The molecule has 0 saturated carbocycles. The highest BCUT2D eigenvalue weighted by Gasteiger charge is 2.11. The number of carbonyl (C=O) groups is 1. The number of hydrogen-bond acceptors (Lipinski definition) is 5. The second-order valence-corrected chi connectivity index (χ2v) is 4.83. The Balaban J connectivity index is 0.00000242. The van der Waals surface area contributed by atoms with Gasteiger partial charge in [-0.2, -0.15) is 0 Å². The van der Waals surface area contributed by atoms with Gasteiger partial charge >= 0.3 is 0 Å². The first-order valence-electron chi connectivity index (χ1n) is 6.74. The molecule has 0 spiro atoms. The molecule has 1 amide bonds. The molecule has 0 saturated heterocycles. The average molecular weight is 345 g/mol. The number of aromatic nitrogens is 4. The Bertz CT molecular complexity index is 590. The smallest absolute Gasteiger partial charge is 0.252 e. The topological polar surface area (TPSA) is 84.7 Å². The molecule has 0 fully saturated rings. The van der Waals surface area contributed by atoms with Crippen LogP contribution in [0.15, 0.2) is 24.5 Å². The SMILES string of the molecule is CCCNCCNC(=O)c1ccc(-n2cnnn2)cc1Cl.Cl. The molecule has 22 heavy (non-hydrogen) atoms. The standard InChI is InChI=1S/C13H17ClN6O.ClH/c1-2-5-15-6-7-16-13(21)11-4-3-10(8-12(11)14)20-9-17-18-19-20;/h3-4,8-9,15H,2,5-7H2,1H3,(H,16,21);1H. The highest BCUT2D eigenvalue weighted by atomic mass is 35.5. The largest absolute Gasteiger partial charge is 0.351 e. The summed E-state index contributed by atoms with van der Waals surface area (Å²) in [5.74, 6) is -0.193. The van der Waals surface area contributed by atoms with Crippen LogP contribution in [-0.2, 0) is 0 Å². The van der Waals surface area contributed by atoms with E-state index in [0.717, 1.165) is 19.5 Å². The van der Waals surface area contributed by atoms with Crippen molar-refractivity contribution in [2.45, 2.75) is 13.3 Å². The Kier molecular flexibility index (Phi) is 7.79. The van der Waals surface area contributed by atoms with Gasteiger partial charge in [-0.05, 0) is 41.6 Å². The van der Waals surface area contributed by atoms with Crippen LogP contribution in [0.5, 0.6) is 0 Å². The van der Waals surface area contributed by atoms with Crippen LogP contribution in [0.25, 0.3) is 5.69 Å². The average Bonchev–Trinajstić information content (AvgIpc) is 3.01. The molecule has 0 bridgehead atoms. The normalized spacial score (nSPS) is 10.1. The summed E-state index contributed by atoms with van der Waals surface area (Å²) in [5.41, 5.74) is 1.13. The van der Waals surface area contributed by atoms with Crippen LogP contribution in [0.1, 0.15) is 23.7 Å². The van der Waals surface area contributed by atoms with E-state index in [1.54, 1.807) is 18.2 Å². The van der Waals surface area contributed by atoms with E-state index in [4.69, 9.17) is 11.6 Å². The third-order valence-electron chi connectivity index (χ3n) is 2.82. The molecule has 0 unspecified atom stereocenters. The molecule has 2 rings (SSSR count). The minimum absolute atomic E-state index is 0. The third-order valence-corrected chi connectivity index (χ3v) is 3.14. The summed E-state index contributed by atoms with van der Waals surface area (Å²) in [6.45, 7) is 4.33. The lowest BCUT2D eigenvalue weighted by Crippen LogP contribution is -2.32. The number of nitrogens with one attached hydrogen (secondary N) is 2. The summed E-state index contributed by atoms with van der Waals surface area (Å²) in [6, 6.07) is 5.06. The maximum atomic E-state index is 12.0. The number of rotatable bonds is 7. The fourth-order valence-electron chi connectivity index (χ4n) is 1.77. The van der Waals surface area contributed by atoms with Gasteiger partial charge in [-0.25, -0.2) is 4.68 Å². The fraction of sp³-hybridized carbons (Fsp3) is 0.385. The molecule has 0 aliphatic heterocycles. The van der Waals surface area contributed by atoms with Crippen molar-refractivity contribution in [1.82, 2.24) is 30.8 Å². The molecule has 120 valence electrons. The van der Waals surface area contributed by atoms with Gasteiger partial charge in [0.05, 0.1) is 16.3 Å². The second-order valence-electron chi connectivity index (χ2n) is 4.42. The van der Waals surface area contributed by atoms with Gasteiger partial charge < -0.3 is 10.6 Å². The first-order valence-corrected chi connectivity index (χ1v) is 7.12. The van der Waals surface area contributed by atoms with Crippen molar-refractivity contribution >= 4 is 29.9 Å². The van der Waals surface area contributed by atoms with Crippen molar-refractivity contribution < 1.29 is 4.79 Å². The molecule has 1 aromatic heterocycles. The summed E-state index contributed by atoms with van der Waals surface area (Å²) < 4.78 is 1.47. The van der Waals surface area contributed by atoms with Crippen LogP contribution in [-0.4, -0.2) is 45.7 Å². The fourth-order valence-corrected chi connectivity index (χ4v) is 2.03. The summed E-state index contributed by atoms with van der Waals surface area (Å²) in [5, 5.41) is 17.3. The van der Waals surface area contributed by atoms with Crippen molar-refractivity contribution in [1.29, 1.82) is 0 Å². The zero-order chi connectivity index (χ0) is 15.1. The molecular weight excluding hydrogens is 327 g/mol. The van der Waals surface area contributed by atoms with Crippen molar-refractivity contribution in [2.24, 2.45) is 0 Å². The molecule has 0 aliphatic carbocycles. The number of tetrazole rings is 1. The molecule has 0 aliphatic rings. The second kappa shape index (κ2) is 9.34. The van der Waals surface area contributed by atoms with Crippen LogP contribution in [0.4, 0.5) is 0 Å². The summed E-state index contributed by atoms with van der Waals surface area (Å²) in [7, 11) is 0. The summed E-state index contributed by atoms with van der Waals surface area (Å²) in [4.78, 5) is 12.0. The van der Waals surface area contributed by atoms with Crippen molar-refractivity contribution in [3.63, 3.8) is 0 Å². The highest BCUT2D eigenvalue weighted by Crippen LogP contribution is 2.19. The number of nitrogens with zero attached hydrogens (tertiary/aromatic N) is 4. The van der Waals surface area contributed by atoms with Gasteiger partial charge in [0.25, 0.3) is 5.91 Å². The molecule has 1 heterocycles. The minimum Gasteiger partial charge on any atom is -0.351 e. The van der Waals surface area contributed by atoms with E-state index in [2.05, 4.69) is 33.1 Å². The van der Waals surface area contributed by atoms with E-state index in [9.17, 15) is 4.79 Å². The number of amides is 1. The third kappa shape index (κ3) is 4.94. The lowest BCUT2D eigenvalue weighted by atomic mass is 10.2. The van der Waals surface area contributed by atoms with Crippen molar-refractivity contribution in [2.75, 3.05) is 19.6 Å². The molecular formula is C13H18Cl2N6O. The van der Waals surface area contributed by atoms with Gasteiger partial charge in [0.15, 0.2) is 0 Å². The first-order chi connectivity index (χ1) is 10.2. The maximum Gasteiger partial charge on any atom is 0.252 e. The quantitative estimate of drug-likeness (QED) is 0.743. The summed E-state index contributed by atoms with van der Waals surface area (Å²) >= 11 is 6.15. The van der Waals surface area contributed by atoms with Crippen LogP contribution in [0.2, 0.25) is 5.02 Å². The van der Waals surface area contributed by atoms with E-state index in [1.807, 2.05) is 0 Å². The summed E-state index contributed by atoms with van der Waals surface area (Å²) in [6.07, 6.45) is 2.53. The van der Waals surface area contributed by atoms with Crippen LogP contribution in [0.3, 0.4) is 0 Å². The Labute approximate surface area is 139 Å². The lowest BCUT2D eigenvalue weighted by molar-refractivity contribution is 0.0954. The zero-order valence-corrected chi connectivity index (χ0v) is 13.7. The van der Waals surface area contributed by atoms with Gasteiger partial charge in [0.2, 0.25) is 0 Å². The Morgan fingerprint density at radius 3 is 2.77 bits per heavy atom. The monoisotopic (exact) mass is 344 g/mol. The highest BCUT2D eigenvalue weighted by molar-refractivity contribution is 6.34. The van der Waals surface area contributed by atoms with E-state index in [0.29, 0.717) is 22.8 Å². The molecule has 0 radical (unpaired) electrons. The van der Waals surface area contributed by atoms with Gasteiger partial charge in [-0.15, -0.1) is 17.5 Å². The van der Waals surface area contributed by atoms with E-state index < -0.39 is 0 Å². The van der Waals surface area contributed by atoms with Gasteiger partial charge in [0.1, 0.15) is 6.33 Å². The van der Waals surface area contributed by atoms with Crippen molar-refractivity contribution in [3.8, 4) is 5.69 Å². The van der Waals surface area contributed by atoms with Crippen LogP contribution >= 0.6 is 24.0 Å². The van der Waals surface area contributed by atoms with Gasteiger partial charge in [0, 0.05) is 13.1 Å². The Hall–Kier alpha value is -1.70. The van der Waals surface area contributed by atoms with Gasteiger partial charge in [-0.1, -0.05) is 18.5 Å². The predicted molar refractivity (Wildman–Crippen MR) is 86.9 cm³/mol. The number of carbonyl (C=O) groups excluding carboxylic acids is 1. The predicted octanol–water partition coefficient (Wildman–Crippen LogP) is 1.47. The number of hydrogen-bond donors (Lipinski definition) is 2. The van der Waals surface area contributed by atoms with E-state index >= 15 is 0 Å². The molecule has 1 aromatic carbocycles. The molecule has 2 N–H and O–H groups in total. The Morgan fingerprint density at radius 2 is 2.14 bits per heavy atom. The molecule has 9 heteroatoms. The van der Waals surface area contributed by atoms with E-state index in [1.165, 1.54) is 11.0 Å².